The summed E-state index contributed by atoms with van der Waals surface area (Å²) in [5.41, 5.74) is 0.822. The van der Waals surface area contributed by atoms with Gasteiger partial charge < -0.3 is 10.4 Å². The Morgan fingerprint density at radius 1 is 0.929 bits per heavy atom. The number of amides is 1. The molecule has 2 aromatic carbocycles. The summed E-state index contributed by atoms with van der Waals surface area (Å²) >= 11 is 0. The first-order chi connectivity index (χ1) is 12.7. The van der Waals surface area contributed by atoms with Gasteiger partial charge in [-0.25, -0.2) is 13.1 Å². The Morgan fingerprint density at radius 2 is 1.50 bits per heavy atom. The van der Waals surface area contributed by atoms with Gasteiger partial charge in [-0.1, -0.05) is 26.8 Å². The molecule has 2 rings (SSSR count). The first-order valence-electron chi connectivity index (χ1n) is 8.98. The van der Waals surface area contributed by atoms with Gasteiger partial charge in [-0.15, -0.1) is 0 Å². The molecule has 28 heavy (non-hydrogen) atoms. The molecule has 0 saturated carbocycles. The van der Waals surface area contributed by atoms with Gasteiger partial charge in [-0.3, -0.25) is 4.79 Å². The second-order valence-electron chi connectivity index (χ2n) is 8.82. The van der Waals surface area contributed by atoms with E-state index < -0.39 is 21.5 Å². The summed E-state index contributed by atoms with van der Waals surface area (Å²) in [4.78, 5) is 12.6. The van der Waals surface area contributed by atoms with Crippen molar-refractivity contribution >= 4 is 21.6 Å². The number of phenols is 1. The molecule has 0 aromatic heterocycles. The van der Waals surface area contributed by atoms with Crippen LogP contribution in [0.4, 0.5) is 5.69 Å². The van der Waals surface area contributed by atoms with Gasteiger partial charge in [0.25, 0.3) is 5.91 Å². The molecule has 0 aliphatic carbocycles. The Kier molecular flexibility index (Phi) is 5.92. The number of phenolic OH excluding ortho intramolecular Hbond substituents is 1. The lowest BCUT2D eigenvalue weighted by atomic mass is 9.87. The quantitative estimate of drug-likeness (QED) is 0.671. The van der Waals surface area contributed by atoms with E-state index in [0.717, 1.165) is 5.56 Å². The average Bonchev–Trinajstić information content (AvgIpc) is 2.53. The lowest BCUT2D eigenvalue weighted by Crippen LogP contribution is -2.40. The van der Waals surface area contributed by atoms with E-state index in [2.05, 4.69) is 10.0 Å². The maximum absolute atomic E-state index is 12.5. The highest BCUT2D eigenvalue weighted by Gasteiger charge is 2.22. The van der Waals surface area contributed by atoms with Crippen LogP contribution in [0.25, 0.3) is 0 Å². The fourth-order valence-electron chi connectivity index (χ4n) is 2.54. The number of benzene rings is 2. The van der Waals surface area contributed by atoms with Crippen molar-refractivity contribution < 1.29 is 18.3 Å². The molecule has 0 spiro atoms. The van der Waals surface area contributed by atoms with Crippen LogP contribution in [0.15, 0.2) is 47.4 Å². The van der Waals surface area contributed by atoms with Crippen LogP contribution in [0, 0.1) is 0 Å². The molecule has 152 valence electrons. The minimum Gasteiger partial charge on any atom is -0.506 e. The summed E-state index contributed by atoms with van der Waals surface area (Å²) in [6.45, 7) is 11.4. The van der Waals surface area contributed by atoms with Gasteiger partial charge in [0.2, 0.25) is 10.0 Å². The molecule has 0 bridgehead atoms. The molecule has 6 nitrogen and oxygen atoms in total. The van der Waals surface area contributed by atoms with E-state index in [9.17, 15) is 18.3 Å². The third-order valence-electron chi connectivity index (χ3n) is 3.98. The molecular weight excluding hydrogens is 376 g/mol. The minimum atomic E-state index is -3.67. The maximum Gasteiger partial charge on any atom is 0.255 e. The Balaban J connectivity index is 2.23. The summed E-state index contributed by atoms with van der Waals surface area (Å²) in [6, 6.07) is 10.7. The summed E-state index contributed by atoms with van der Waals surface area (Å²) in [6.07, 6.45) is 0. The van der Waals surface area contributed by atoms with Crippen LogP contribution in [0.2, 0.25) is 0 Å². The van der Waals surface area contributed by atoms with Gasteiger partial charge in [0.05, 0.1) is 10.6 Å². The molecule has 0 aliphatic heterocycles. The van der Waals surface area contributed by atoms with Gasteiger partial charge in [-0.05, 0) is 68.1 Å². The molecule has 0 saturated heterocycles. The van der Waals surface area contributed by atoms with Crippen molar-refractivity contribution in [2.75, 3.05) is 5.32 Å². The van der Waals surface area contributed by atoms with Gasteiger partial charge in [-0.2, -0.15) is 0 Å². The number of carbonyl (C=O) groups is 1. The topological polar surface area (TPSA) is 95.5 Å². The lowest BCUT2D eigenvalue weighted by molar-refractivity contribution is 0.102. The molecule has 0 fully saturated rings. The highest BCUT2D eigenvalue weighted by molar-refractivity contribution is 7.89. The third-order valence-corrected chi connectivity index (χ3v) is 5.75. The fourth-order valence-corrected chi connectivity index (χ4v) is 3.96. The normalized spacial score (nSPS) is 12.6. The van der Waals surface area contributed by atoms with Crippen LogP contribution >= 0.6 is 0 Å². The summed E-state index contributed by atoms with van der Waals surface area (Å²) in [7, 11) is -3.67. The first kappa shape index (κ1) is 21.9. The Morgan fingerprint density at radius 3 is 2.00 bits per heavy atom. The molecule has 0 radical (unpaired) electrons. The van der Waals surface area contributed by atoms with Crippen molar-refractivity contribution in [3.05, 3.63) is 53.6 Å². The number of aromatic hydroxyl groups is 1. The third kappa shape index (κ3) is 5.56. The largest absolute Gasteiger partial charge is 0.506 e. The number of hydrogen-bond acceptors (Lipinski definition) is 4. The van der Waals surface area contributed by atoms with Gasteiger partial charge in [0.15, 0.2) is 0 Å². The van der Waals surface area contributed by atoms with Gasteiger partial charge in [0.1, 0.15) is 5.75 Å². The van der Waals surface area contributed by atoms with Crippen molar-refractivity contribution in [1.29, 1.82) is 0 Å². The Labute approximate surface area is 167 Å². The van der Waals surface area contributed by atoms with E-state index in [1.54, 1.807) is 32.9 Å². The molecule has 1 amide bonds. The highest BCUT2D eigenvalue weighted by Crippen LogP contribution is 2.31. The van der Waals surface area contributed by atoms with Crippen LogP contribution in [0.1, 0.15) is 57.5 Å². The van der Waals surface area contributed by atoms with Gasteiger partial charge >= 0.3 is 0 Å². The predicted molar refractivity (Wildman–Crippen MR) is 111 cm³/mol. The molecule has 3 N–H and O–H groups in total. The number of carbonyl (C=O) groups excluding carboxylic acids is 1. The monoisotopic (exact) mass is 404 g/mol. The first-order valence-corrected chi connectivity index (χ1v) is 10.5. The van der Waals surface area contributed by atoms with Crippen LogP contribution in [-0.4, -0.2) is 25.0 Å². The molecule has 0 unspecified atom stereocenters. The second-order valence-corrected chi connectivity index (χ2v) is 10.5. The van der Waals surface area contributed by atoms with Crippen molar-refractivity contribution in [1.82, 2.24) is 4.72 Å². The number of anilines is 1. The maximum atomic E-state index is 12.5. The van der Waals surface area contributed by atoms with E-state index in [0.29, 0.717) is 5.69 Å². The van der Waals surface area contributed by atoms with E-state index in [1.165, 1.54) is 24.3 Å². The minimum absolute atomic E-state index is 0.0325. The molecule has 0 heterocycles. The van der Waals surface area contributed by atoms with E-state index in [4.69, 9.17) is 0 Å². The van der Waals surface area contributed by atoms with Crippen LogP contribution < -0.4 is 10.0 Å². The smallest absolute Gasteiger partial charge is 0.255 e. The zero-order chi connectivity index (χ0) is 21.3. The number of rotatable bonds is 4. The van der Waals surface area contributed by atoms with Crippen molar-refractivity contribution in [2.24, 2.45) is 0 Å². The summed E-state index contributed by atoms with van der Waals surface area (Å²) < 4.78 is 27.3. The van der Waals surface area contributed by atoms with Crippen LogP contribution in [-0.2, 0) is 15.4 Å². The van der Waals surface area contributed by atoms with Crippen LogP contribution in [0.3, 0.4) is 0 Å². The van der Waals surface area contributed by atoms with Gasteiger partial charge in [0, 0.05) is 11.1 Å². The average molecular weight is 405 g/mol. The molecule has 7 heteroatoms. The second kappa shape index (κ2) is 7.56. The summed E-state index contributed by atoms with van der Waals surface area (Å²) in [5.74, 6) is -0.469. The SMILES string of the molecule is CC(C)(C)NS(=O)(=O)c1ccc(C(=O)Nc2cc(C(C)(C)C)ccc2O)cc1. The zero-order valence-electron chi connectivity index (χ0n) is 17.1. The van der Waals surface area contributed by atoms with Crippen molar-refractivity contribution in [3.8, 4) is 5.75 Å². The molecule has 0 atom stereocenters. The van der Waals surface area contributed by atoms with Crippen molar-refractivity contribution in [2.45, 2.75) is 57.4 Å². The van der Waals surface area contributed by atoms with Crippen molar-refractivity contribution in [3.63, 3.8) is 0 Å². The zero-order valence-corrected chi connectivity index (χ0v) is 17.9. The fraction of sp³-hybridized carbons (Fsp3) is 0.381. The number of nitrogens with one attached hydrogen (secondary N) is 2. The highest BCUT2D eigenvalue weighted by atomic mass is 32.2. The van der Waals surface area contributed by atoms with E-state index in [-0.39, 0.29) is 21.6 Å². The van der Waals surface area contributed by atoms with E-state index >= 15 is 0 Å². The molecule has 2 aromatic rings. The Hall–Kier alpha value is -2.38. The number of sulfonamides is 1. The lowest BCUT2D eigenvalue weighted by Gasteiger charge is -2.21. The standard InChI is InChI=1S/C21H28N2O4S/c1-20(2,3)15-9-12-18(24)17(13-15)22-19(25)14-7-10-16(11-8-14)28(26,27)23-21(4,5)6/h7-13,23-24H,1-6H3,(H,22,25). The summed E-state index contributed by atoms with van der Waals surface area (Å²) in [5, 5.41) is 12.7. The number of hydrogen-bond donors (Lipinski definition) is 3. The van der Waals surface area contributed by atoms with Crippen LogP contribution in [0.5, 0.6) is 5.75 Å². The van der Waals surface area contributed by atoms with E-state index in [1.807, 2.05) is 26.8 Å². The molecule has 0 aliphatic rings. The predicted octanol–water partition coefficient (Wildman–Crippen LogP) is 4.02. The Bertz CT molecular complexity index is 967. The molecular formula is C21H28N2O4S.